The second-order valence-corrected chi connectivity index (χ2v) is 4.87. The molecule has 1 saturated heterocycles. The monoisotopic (exact) mass is 196 g/mol. The number of rotatable bonds is 3. The van der Waals surface area contributed by atoms with Gasteiger partial charge in [-0.2, -0.15) is 0 Å². The lowest BCUT2D eigenvalue weighted by molar-refractivity contribution is 0.432. The van der Waals surface area contributed by atoms with Crippen LogP contribution in [0, 0.1) is 0 Å². The summed E-state index contributed by atoms with van der Waals surface area (Å²) in [5.74, 6) is 0. The Bertz CT molecular complexity index is 234. The lowest BCUT2D eigenvalue weighted by Gasteiger charge is -2.11. The summed E-state index contributed by atoms with van der Waals surface area (Å²) in [5, 5.41) is 2.98. The van der Waals surface area contributed by atoms with Gasteiger partial charge in [-0.25, -0.2) is 17.5 Å². The molecule has 1 heterocycles. The molecule has 0 radical (unpaired) electrons. The molecule has 1 aliphatic heterocycles. The predicted molar refractivity (Wildman–Crippen MR) is 43.9 cm³/mol. The third-order valence-electron chi connectivity index (χ3n) is 1.82. The standard InChI is InChI=1S/C6H13FN2O2S/c1-5(7)12(10,11)9-6-2-3-8-4-6/h5-6,8-9H,2-4H2,1H3/t5?,6-/m0/s1. The fourth-order valence-corrected chi connectivity index (χ4v) is 1.93. The van der Waals surface area contributed by atoms with E-state index in [9.17, 15) is 12.8 Å². The Morgan fingerprint density at radius 1 is 1.67 bits per heavy atom. The number of halogens is 1. The molecule has 0 aliphatic carbocycles. The van der Waals surface area contributed by atoms with E-state index in [0.29, 0.717) is 6.54 Å². The maximum atomic E-state index is 12.5. The van der Waals surface area contributed by atoms with Crippen molar-refractivity contribution in [1.29, 1.82) is 0 Å². The zero-order valence-electron chi connectivity index (χ0n) is 6.88. The summed E-state index contributed by atoms with van der Waals surface area (Å²) in [7, 11) is -3.74. The molecule has 2 atom stereocenters. The van der Waals surface area contributed by atoms with Crippen LogP contribution in [-0.2, 0) is 10.0 Å². The Labute approximate surface area is 71.6 Å². The second-order valence-electron chi connectivity index (χ2n) is 2.90. The van der Waals surface area contributed by atoms with Crippen molar-refractivity contribution in [3.8, 4) is 0 Å². The van der Waals surface area contributed by atoms with Crippen molar-refractivity contribution in [2.45, 2.75) is 24.9 Å². The molecular formula is C6H13FN2O2S. The highest BCUT2D eigenvalue weighted by Gasteiger charge is 2.25. The van der Waals surface area contributed by atoms with Crippen LogP contribution in [0.1, 0.15) is 13.3 Å². The Morgan fingerprint density at radius 2 is 2.33 bits per heavy atom. The summed E-state index contributed by atoms with van der Waals surface area (Å²) < 4.78 is 36.7. The van der Waals surface area contributed by atoms with Gasteiger partial charge < -0.3 is 5.32 Å². The number of hydrogen-bond donors (Lipinski definition) is 2. The lowest BCUT2D eigenvalue weighted by atomic mass is 10.3. The fraction of sp³-hybridized carbons (Fsp3) is 1.00. The van der Waals surface area contributed by atoms with E-state index in [2.05, 4.69) is 10.0 Å². The molecule has 0 aromatic rings. The van der Waals surface area contributed by atoms with Gasteiger partial charge in [0.25, 0.3) is 0 Å². The van der Waals surface area contributed by atoms with Crippen LogP contribution < -0.4 is 10.0 Å². The SMILES string of the molecule is CC(F)S(=O)(=O)N[C@H]1CCNC1. The minimum atomic E-state index is -3.74. The summed E-state index contributed by atoms with van der Waals surface area (Å²) in [6, 6.07) is -0.145. The van der Waals surface area contributed by atoms with E-state index >= 15 is 0 Å². The maximum Gasteiger partial charge on any atom is 0.243 e. The normalized spacial score (nSPS) is 27.3. The predicted octanol–water partition coefficient (Wildman–Crippen LogP) is -0.417. The van der Waals surface area contributed by atoms with E-state index in [1.807, 2.05) is 0 Å². The van der Waals surface area contributed by atoms with Crippen molar-refractivity contribution in [1.82, 2.24) is 10.0 Å². The zero-order chi connectivity index (χ0) is 9.19. The average Bonchev–Trinajstić information content (AvgIpc) is 2.38. The molecule has 2 N–H and O–H groups in total. The molecule has 0 spiro atoms. The van der Waals surface area contributed by atoms with E-state index in [1.165, 1.54) is 0 Å². The number of alkyl halides is 1. The summed E-state index contributed by atoms with van der Waals surface area (Å²) in [6.45, 7) is 2.39. The Hall–Kier alpha value is -0.200. The van der Waals surface area contributed by atoms with E-state index in [-0.39, 0.29) is 6.04 Å². The molecule has 0 amide bonds. The highest BCUT2D eigenvalue weighted by atomic mass is 32.2. The number of sulfonamides is 1. The van der Waals surface area contributed by atoms with Crippen LogP contribution in [0.3, 0.4) is 0 Å². The molecule has 12 heavy (non-hydrogen) atoms. The minimum absolute atomic E-state index is 0.145. The van der Waals surface area contributed by atoms with Crippen LogP contribution in [0.25, 0.3) is 0 Å². The third kappa shape index (κ3) is 2.40. The first kappa shape index (κ1) is 9.88. The van der Waals surface area contributed by atoms with Crippen LogP contribution in [0.2, 0.25) is 0 Å². The summed E-state index contributed by atoms with van der Waals surface area (Å²) in [5.41, 5.74) is -1.84. The molecule has 1 aliphatic rings. The van der Waals surface area contributed by atoms with Crippen molar-refractivity contribution < 1.29 is 12.8 Å². The topological polar surface area (TPSA) is 58.2 Å². The highest BCUT2D eigenvalue weighted by Crippen LogP contribution is 2.04. The Balaban J connectivity index is 2.49. The third-order valence-corrected chi connectivity index (χ3v) is 3.34. The van der Waals surface area contributed by atoms with E-state index < -0.39 is 15.5 Å². The van der Waals surface area contributed by atoms with Crippen LogP contribution in [0.5, 0.6) is 0 Å². The highest BCUT2D eigenvalue weighted by molar-refractivity contribution is 7.89. The Kier molecular flexibility index (Phi) is 3.03. The van der Waals surface area contributed by atoms with Gasteiger partial charge in [-0.15, -0.1) is 0 Å². The largest absolute Gasteiger partial charge is 0.315 e. The zero-order valence-corrected chi connectivity index (χ0v) is 7.70. The first-order chi connectivity index (χ1) is 5.52. The molecule has 0 aromatic carbocycles. The van der Waals surface area contributed by atoms with Gasteiger partial charge in [0.15, 0.2) is 0 Å². The molecule has 0 saturated carbocycles. The van der Waals surface area contributed by atoms with Gasteiger partial charge in [-0.1, -0.05) is 0 Å². The molecular weight excluding hydrogens is 183 g/mol. The Morgan fingerprint density at radius 3 is 2.75 bits per heavy atom. The van der Waals surface area contributed by atoms with E-state index in [1.54, 1.807) is 0 Å². The van der Waals surface area contributed by atoms with Crippen LogP contribution >= 0.6 is 0 Å². The van der Waals surface area contributed by atoms with E-state index in [4.69, 9.17) is 0 Å². The molecule has 1 fully saturated rings. The van der Waals surface area contributed by atoms with Crippen LogP contribution in [0.15, 0.2) is 0 Å². The molecule has 72 valence electrons. The molecule has 6 heteroatoms. The lowest BCUT2D eigenvalue weighted by Crippen LogP contribution is -2.39. The summed E-state index contributed by atoms with van der Waals surface area (Å²) in [4.78, 5) is 0. The quantitative estimate of drug-likeness (QED) is 0.644. The molecule has 0 aromatic heterocycles. The summed E-state index contributed by atoms with van der Waals surface area (Å²) in [6.07, 6.45) is 0.728. The van der Waals surface area contributed by atoms with Crippen molar-refractivity contribution >= 4 is 10.0 Å². The molecule has 0 bridgehead atoms. The molecule has 1 rings (SSSR count). The van der Waals surface area contributed by atoms with Gasteiger partial charge in [0, 0.05) is 12.6 Å². The first-order valence-corrected chi connectivity index (χ1v) is 5.43. The van der Waals surface area contributed by atoms with Gasteiger partial charge in [0.1, 0.15) is 0 Å². The van der Waals surface area contributed by atoms with Gasteiger partial charge >= 0.3 is 0 Å². The minimum Gasteiger partial charge on any atom is -0.315 e. The van der Waals surface area contributed by atoms with Crippen molar-refractivity contribution in [3.63, 3.8) is 0 Å². The van der Waals surface area contributed by atoms with Gasteiger partial charge in [0.2, 0.25) is 15.5 Å². The second kappa shape index (κ2) is 3.68. The maximum absolute atomic E-state index is 12.5. The van der Waals surface area contributed by atoms with Gasteiger partial charge in [-0.3, -0.25) is 0 Å². The summed E-state index contributed by atoms with van der Waals surface area (Å²) >= 11 is 0. The van der Waals surface area contributed by atoms with Crippen LogP contribution in [-0.4, -0.2) is 33.1 Å². The first-order valence-electron chi connectivity index (χ1n) is 3.88. The number of nitrogens with one attached hydrogen (secondary N) is 2. The van der Waals surface area contributed by atoms with Crippen molar-refractivity contribution in [2.75, 3.05) is 13.1 Å². The van der Waals surface area contributed by atoms with Crippen LogP contribution in [0.4, 0.5) is 4.39 Å². The fourth-order valence-electron chi connectivity index (χ4n) is 1.08. The molecule has 1 unspecified atom stereocenters. The van der Waals surface area contributed by atoms with Crippen molar-refractivity contribution in [2.24, 2.45) is 0 Å². The van der Waals surface area contributed by atoms with Gasteiger partial charge in [-0.05, 0) is 19.9 Å². The smallest absolute Gasteiger partial charge is 0.243 e. The molecule has 4 nitrogen and oxygen atoms in total. The average molecular weight is 196 g/mol. The van der Waals surface area contributed by atoms with Gasteiger partial charge in [0.05, 0.1) is 0 Å². The van der Waals surface area contributed by atoms with E-state index in [0.717, 1.165) is 19.9 Å². The number of hydrogen-bond acceptors (Lipinski definition) is 3. The van der Waals surface area contributed by atoms with Crippen molar-refractivity contribution in [3.05, 3.63) is 0 Å².